The number of hydrogen-bond acceptors (Lipinski definition) is 5. The van der Waals surface area contributed by atoms with Gasteiger partial charge in [-0.05, 0) is 27.7 Å². The number of alkyl carbamates (subject to hydrolysis) is 1. The summed E-state index contributed by atoms with van der Waals surface area (Å²) in [7, 11) is 0. The minimum atomic E-state index is -0.691. The van der Waals surface area contributed by atoms with Crippen molar-refractivity contribution in [3.8, 4) is 0 Å². The summed E-state index contributed by atoms with van der Waals surface area (Å²) in [6.45, 7) is 6.81. The van der Waals surface area contributed by atoms with E-state index < -0.39 is 23.7 Å². The highest BCUT2D eigenvalue weighted by atomic mass is 16.6. The normalized spacial score (nSPS) is 13.2. The van der Waals surface area contributed by atoms with Crippen molar-refractivity contribution in [1.29, 1.82) is 0 Å². The number of nitrogens with one attached hydrogen (secondary N) is 1. The van der Waals surface area contributed by atoms with Crippen molar-refractivity contribution in [2.24, 2.45) is 0 Å². The number of hydrogen-bond donors (Lipinski definition) is 2. The van der Waals surface area contributed by atoms with Gasteiger partial charge in [0, 0.05) is 6.08 Å². The zero-order chi connectivity index (χ0) is 14.2. The Balaban J connectivity index is 4.27. The number of rotatable bonds is 5. The predicted molar refractivity (Wildman–Crippen MR) is 66.0 cm³/mol. The highest BCUT2D eigenvalue weighted by molar-refractivity contribution is 5.82. The summed E-state index contributed by atoms with van der Waals surface area (Å²) in [6, 6.07) is -0.691. The van der Waals surface area contributed by atoms with Gasteiger partial charge in [0.1, 0.15) is 5.60 Å². The van der Waals surface area contributed by atoms with Crippen LogP contribution in [0, 0.1) is 0 Å². The van der Waals surface area contributed by atoms with Gasteiger partial charge < -0.3 is 19.9 Å². The fourth-order valence-corrected chi connectivity index (χ4v) is 0.999. The first kappa shape index (κ1) is 16.4. The van der Waals surface area contributed by atoms with Crippen LogP contribution in [0.4, 0.5) is 4.79 Å². The molecule has 0 rings (SSSR count). The second kappa shape index (κ2) is 7.71. The molecule has 6 nitrogen and oxygen atoms in total. The number of aliphatic hydroxyl groups excluding tert-OH is 1. The second-order valence-corrected chi connectivity index (χ2v) is 4.55. The van der Waals surface area contributed by atoms with Crippen molar-refractivity contribution >= 4 is 12.1 Å². The number of esters is 1. The molecule has 1 atom stereocenters. The van der Waals surface area contributed by atoms with E-state index in [0.29, 0.717) is 0 Å². The average molecular weight is 259 g/mol. The summed E-state index contributed by atoms with van der Waals surface area (Å²) in [4.78, 5) is 22.4. The van der Waals surface area contributed by atoms with Crippen molar-refractivity contribution in [3.63, 3.8) is 0 Å². The van der Waals surface area contributed by atoms with Gasteiger partial charge in [0.25, 0.3) is 0 Å². The lowest BCUT2D eigenvalue weighted by Crippen LogP contribution is -2.40. The van der Waals surface area contributed by atoms with Crippen LogP contribution in [-0.2, 0) is 14.3 Å². The Labute approximate surface area is 107 Å². The molecule has 0 aromatic rings. The summed E-state index contributed by atoms with van der Waals surface area (Å²) < 4.78 is 9.68. The van der Waals surface area contributed by atoms with Crippen molar-refractivity contribution in [3.05, 3.63) is 12.2 Å². The van der Waals surface area contributed by atoms with Gasteiger partial charge in [-0.15, -0.1) is 0 Å². The molecule has 1 amide bonds. The van der Waals surface area contributed by atoms with E-state index in [0.717, 1.165) is 6.08 Å². The molecule has 0 saturated heterocycles. The zero-order valence-corrected chi connectivity index (χ0v) is 11.2. The van der Waals surface area contributed by atoms with Crippen molar-refractivity contribution in [2.45, 2.75) is 39.3 Å². The van der Waals surface area contributed by atoms with E-state index in [9.17, 15) is 9.59 Å². The molecule has 6 heteroatoms. The molecule has 0 aliphatic rings. The van der Waals surface area contributed by atoms with Crippen molar-refractivity contribution < 1.29 is 24.2 Å². The Morgan fingerprint density at radius 1 is 1.39 bits per heavy atom. The molecule has 2 N–H and O–H groups in total. The van der Waals surface area contributed by atoms with Crippen LogP contribution in [0.1, 0.15) is 27.7 Å². The van der Waals surface area contributed by atoms with E-state index >= 15 is 0 Å². The molecular weight excluding hydrogens is 238 g/mol. The van der Waals surface area contributed by atoms with E-state index in [2.05, 4.69) is 10.1 Å². The SMILES string of the molecule is CCOC(=O)/C=C/[C@H](CO)NC(=O)OC(C)(C)C. The molecule has 0 aromatic heterocycles. The molecule has 0 aromatic carbocycles. The van der Waals surface area contributed by atoms with Gasteiger partial charge in [-0.1, -0.05) is 6.08 Å². The molecule has 0 spiro atoms. The van der Waals surface area contributed by atoms with E-state index in [1.165, 1.54) is 6.08 Å². The highest BCUT2D eigenvalue weighted by Gasteiger charge is 2.18. The Morgan fingerprint density at radius 2 is 2.00 bits per heavy atom. The molecule has 0 heterocycles. The minimum absolute atomic E-state index is 0.270. The van der Waals surface area contributed by atoms with Crippen LogP contribution in [0.5, 0.6) is 0 Å². The van der Waals surface area contributed by atoms with Crippen LogP contribution >= 0.6 is 0 Å². The molecule has 0 aliphatic heterocycles. The summed E-state index contributed by atoms with van der Waals surface area (Å²) in [5.74, 6) is -0.526. The third kappa shape index (κ3) is 8.58. The van der Waals surface area contributed by atoms with E-state index in [1.807, 2.05) is 0 Å². The standard InChI is InChI=1S/C12H21NO5/c1-5-17-10(15)7-6-9(8-14)13-11(16)18-12(2,3)4/h6-7,9,14H,5,8H2,1-4H3,(H,13,16)/b7-6+/t9-/m1/s1. The number of carbonyl (C=O) groups is 2. The Bertz CT molecular complexity index is 306. The van der Waals surface area contributed by atoms with Gasteiger partial charge in [-0.25, -0.2) is 9.59 Å². The monoisotopic (exact) mass is 259 g/mol. The van der Waals surface area contributed by atoms with Gasteiger partial charge in [0.05, 0.1) is 19.3 Å². The summed E-state index contributed by atoms with van der Waals surface area (Å²) in [5, 5.41) is 11.5. The van der Waals surface area contributed by atoms with E-state index in [4.69, 9.17) is 9.84 Å². The van der Waals surface area contributed by atoms with Gasteiger partial charge >= 0.3 is 12.1 Å². The number of ether oxygens (including phenoxy) is 2. The number of amides is 1. The maximum Gasteiger partial charge on any atom is 0.408 e. The first-order chi connectivity index (χ1) is 8.28. The topological polar surface area (TPSA) is 84.9 Å². The molecule has 0 saturated carbocycles. The second-order valence-electron chi connectivity index (χ2n) is 4.55. The quantitative estimate of drug-likeness (QED) is 0.568. The van der Waals surface area contributed by atoms with Crippen LogP contribution in [0.15, 0.2) is 12.2 Å². The molecule has 0 bridgehead atoms. The fourth-order valence-electron chi connectivity index (χ4n) is 0.999. The Kier molecular flexibility index (Phi) is 7.04. The smallest absolute Gasteiger partial charge is 0.408 e. The van der Waals surface area contributed by atoms with Gasteiger partial charge in [0.2, 0.25) is 0 Å². The molecule has 0 aliphatic carbocycles. The number of carbonyl (C=O) groups excluding carboxylic acids is 2. The first-order valence-electron chi connectivity index (χ1n) is 5.73. The van der Waals surface area contributed by atoms with Gasteiger partial charge in [0.15, 0.2) is 0 Å². The fraction of sp³-hybridized carbons (Fsp3) is 0.667. The maximum absolute atomic E-state index is 11.4. The third-order valence-electron chi connectivity index (χ3n) is 1.65. The molecule has 104 valence electrons. The van der Waals surface area contributed by atoms with Crippen LogP contribution < -0.4 is 5.32 Å². The predicted octanol–water partition coefficient (Wildman–Crippen LogP) is 0.991. The minimum Gasteiger partial charge on any atom is -0.463 e. The van der Waals surface area contributed by atoms with E-state index in [-0.39, 0.29) is 13.2 Å². The lowest BCUT2D eigenvalue weighted by Gasteiger charge is -2.21. The van der Waals surface area contributed by atoms with Crippen LogP contribution in [0.25, 0.3) is 0 Å². The first-order valence-corrected chi connectivity index (χ1v) is 5.73. The Morgan fingerprint density at radius 3 is 2.44 bits per heavy atom. The van der Waals surface area contributed by atoms with Crippen molar-refractivity contribution in [2.75, 3.05) is 13.2 Å². The molecule has 0 radical (unpaired) electrons. The molecular formula is C12H21NO5. The Hall–Kier alpha value is -1.56. The zero-order valence-electron chi connectivity index (χ0n) is 11.2. The summed E-state index contributed by atoms with van der Waals surface area (Å²) >= 11 is 0. The lowest BCUT2D eigenvalue weighted by atomic mass is 10.2. The third-order valence-corrected chi connectivity index (χ3v) is 1.65. The highest BCUT2D eigenvalue weighted by Crippen LogP contribution is 2.06. The molecule has 18 heavy (non-hydrogen) atoms. The number of aliphatic hydroxyl groups is 1. The lowest BCUT2D eigenvalue weighted by molar-refractivity contribution is -0.137. The van der Waals surface area contributed by atoms with Crippen LogP contribution in [-0.4, -0.2) is 42.0 Å². The maximum atomic E-state index is 11.4. The van der Waals surface area contributed by atoms with Crippen molar-refractivity contribution in [1.82, 2.24) is 5.32 Å². The summed E-state index contributed by atoms with van der Waals surface area (Å²) in [5.41, 5.74) is -0.616. The van der Waals surface area contributed by atoms with Gasteiger partial charge in [-0.2, -0.15) is 0 Å². The molecule has 0 unspecified atom stereocenters. The van der Waals surface area contributed by atoms with Crippen LogP contribution in [0.2, 0.25) is 0 Å². The largest absolute Gasteiger partial charge is 0.463 e. The molecule has 0 fully saturated rings. The van der Waals surface area contributed by atoms with E-state index in [1.54, 1.807) is 27.7 Å². The van der Waals surface area contributed by atoms with Gasteiger partial charge in [-0.3, -0.25) is 0 Å². The van der Waals surface area contributed by atoms with Crippen LogP contribution in [0.3, 0.4) is 0 Å². The summed E-state index contributed by atoms with van der Waals surface area (Å²) in [6.07, 6.45) is 1.85. The average Bonchev–Trinajstić information content (AvgIpc) is 2.22.